The van der Waals surface area contributed by atoms with Crippen LogP contribution < -0.4 is 5.32 Å². The molecule has 10 heteroatoms. The van der Waals surface area contributed by atoms with Gasteiger partial charge in [-0.1, -0.05) is 11.2 Å². The van der Waals surface area contributed by atoms with Crippen molar-refractivity contribution in [1.29, 1.82) is 0 Å². The molecule has 1 aliphatic rings. The van der Waals surface area contributed by atoms with Crippen molar-refractivity contribution in [2.45, 2.75) is 32.8 Å². The topological polar surface area (TPSA) is 128 Å². The van der Waals surface area contributed by atoms with Crippen molar-refractivity contribution in [1.82, 2.24) is 10.1 Å². The molecule has 1 saturated heterocycles. The number of nitro benzene ring substituents is 1. The number of carbonyl (C=O) groups excluding carboxylic acids is 2. The van der Waals surface area contributed by atoms with Crippen molar-refractivity contribution in [2.75, 3.05) is 25.0 Å². The van der Waals surface area contributed by atoms with Crippen LogP contribution in [-0.2, 0) is 9.53 Å². The maximum Gasteiger partial charge on any atom is 0.273 e. The summed E-state index contributed by atoms with van der Waals surface area (Å²) < 4.78 is 10.5. The van der Waals surface area contributed by atoms with E-state index in [-0.39, 0.29) is 36.3 Å². The normalized spacial score (nSPS) is 15.9. The Morgan fingerprint density at radius 3 is 2.76 bits per heavy atom. The van der Waals surface area contributed by atoms with Gasteiger partial charge in [0.25, 0.3) is 11.6 Å². The summed E-state index contributed by atoms with van der Waals surface area (Å²) in [5, 5.41) is 17.5. The van der Waals surface area contributed by atoms with E-state index in [0.29, 0.717) is 17.9 Å². The molecule has 2 aromatic rings. The van der Waals surface area contributed by atoms with Crippen LogP contribution in [0, 0.1) is 24.0 Å². The molecule has 1 aliphatic heterocycles. The van der Waals surface area contributed by atoms with Gasteiger partial charge in [0, 0.05) is 36.4 Å². The molecule has 1 N–H and O–H groups in total. The van der Waals surface area contributed by atoms with Gasteiger partial charge in [0.2, 0.25) is 5.91 Å². The Balaban J connectivity index is 1.78. The minimum Gasteiger partial charge on any atom is -0.376 e. The fourth-order valence-corrected chi connectivity index (χ4v) is 3.16. The standard InChI is InChI=1S/C19H22N4O6/c1-12-5-6-14(9-16(12)23(26)27)19(25)22(10-15-4-3-7-28-15)11-18(24)20-17-8-13(2)29-21-17/h5-6,8-9,15H,3-4,7,10-11H2,1-2H3,(H,20,21,24)/t15-/m0/s1. The number of aromatic nitrogens is 1. The lowest BCUT2D eigenvalue weighted by molar-refractivity contribution is -0.385. The minimum atomic E-state index is -0.532. The monoisotopic (exact) mass is 402 g/mol. The van der Waals surface area contributed by atoms with Gasteiger partial charge >= 0.3 is 0 Å². The summed E-state index contributed by atoms with van der Waals surface area (Å²) in [6, 6.07) is 5.84. The third-order valence-corrected chi connectivity index (χ3v) is 4.62. The summed E-state index contributed by atoms with van der Waals surface area (Å²) in [6.45, 7) is 3.87. The highest BCUT2D eigenvalue weighted by Gasteiger charge is 2.27. The predicted octanol–water partition coefficient (Wildman–Crippen LogP) is 2.46. The first-order valence-electron chi connectivity index (χ1n) is 9.22. The largest absolute Gasteiger partial charge is 0.376 e. The van der Waals surface area contributed by atoms with Gasteiger partial charge in [0.05, 0.1) is 11.0 Å². The zero-order valence-electron chi connectivity index (χ0n) is 16.2. The number of anilines is 1. The van der Waals surface area contributed by atoms with Crippen LogP contribution in [0.2, 0.25) is 0 Å². The molecule has 1 aromatic carbocycles. The number of nitro groups is 1. The fourth-order valence-electron chi connectivity index (χ4n) is 3.16. The third kappa shape index (κ3) is 5.17. The van der Waals surface area contributed by atoms with Crippen LogP contribution in [0.3, 0.4) is 0 Å². The van der Waals surface area contributed by atoms with Gasteiger partial charge in [0.1, 0.15) is 12.3 Å². The first-order chi connectivity index (χ1) is 13.8. The summed E-state index contributed by atoms with van der Waals surface area (Å²) in [5.41, 5.74) is 0.456. The number of carbonyl (C=O) groups is 2. The molecule has 0 radical (unpaired) electrons. The molecule has 10 nitrogen and oxygen atoms in total. The number of amides is 2. The van der Waals surface area contributed by atoms with Crippen molar-refractivity contribution in [3.8, 4) is 0 Å². The van der Waals surface area contributed by atoms with E-state index in [1.807, 2.05) is 0 Å². The number of nitrogens with one attached hydrogen (secondary N) is 1. The minimum absolute atomic E-state index is 0.143. The van der Waals surface area contributed by atoms with E-state index in [1.165, 1.54) is 23.1 Å². The lowest BCUT2D eigenvalue weighted by Gasteiger charge is -2.25. The highest BCUT2D eigenvalue weighted by Crippen LogP contribution is 2.21. The SMILES string of the molecule is Cc1cc(NC(=O)CN(C[C@@H]2CCCO2)C(=O)c2ccc(C)c([N+](=O)[O-])c2)no1. The molecule has 0 bridgehead atoms. The highest BCUT2D eigenvalue weighted by molar-refractivity contribution is 5.99. The van der Waals surface area contributed by atoms with Crippen LogP contribution in [0.4, 0.5) is 11.5 Å². The van der Waals surface area contributed by atoms with E-state index in [9.17, 15) is 19.7 Å². The van der Waals surface area contributed by atoms with Gasteiger partial charge in [-0.15, -0.1) is 0 Å². The van der Waals surface area contributed by atoms with Crippen LogP contribution in [0.5, 0.6) is 0 Å². The molecular formula is C19H22N4O6. The van der Waals surface area contributed by atoms with Gasteiger partial charge in [-0.05, 0) is 32.8 Å². The van der Waals surface area contributed by atoms with E-state index in [0.717, 1.165) is 12.8 Å². The zero-order valence-corrected chi connectivity index (χ0v) is 16.2. The Bertz CT molecular complexity index is 919. The molecule has 2 heterocycles. The fraction of sp³-hybridized carbons (Fsp3) is 0.421. The van der Waals surface area contributed by atoms with E-state index >= 15 is 0 Å². The molecule has 3 rings (SSSR count). The van der Waals surface area contributed by atoms with Crippen LogP contribution in [0.15, 0.2) is 28.8 Å². The lowest BCUT2D eigenvalue weighted by atomic mass is 10.1. The predicted molar refractivity (Wildman–Crippen MR) is 103 cm³/mol. The maximum atomic E-state index is 13.0. The van der Waals surface area contributed by atoms with Gasteiger partial charge in [-0.3, -0.25) is 19.7 Å². The average Bonchev–Trinajstić information content (AvgIpc) is 3.32. The second-order valence-corrected chi connectivity index (χ2v) is 6.95. The van der Waals surface area contributed by atoms with Gasteiger partial charge in [-0.25, -0.2) is 0 Å². The second-order valence-electron chi connectivity index (χ2n) is 6.95. The van der Waals surface area contributed by atoms with Gasteiger partial charge in [0.15, 0.2) is 5.82 Å². The molecule has 0 spiro atoms. The smallest absolute Gasteiger partial charge is 0.273 e. The Hall–Kier alpha value is -3.27. The Morgan fingerprint density at radius 2 is 2.14 bits per heavy atom. The number of nitrogens with zero attached hydrogens (tertiary/aromatic N) is 3. The molecule has 0 aliphatic carbocycles. The molecular weight excluding hydrogens is 380 g/mol. The summed E-state index contributed by atoms with van der Waals surface area (Å²) in [4.78, 5) is 37.5. The molecule has 1 fully saturated rings. The lowest BCUT2D eigenvalue weighted by Crippen LogP contribution is -2.42. The first kappa shape index (κ1) is 20.5. The highest BCUT2D eigenvalue weighted by atomic mass is 16.6. The van der Waals surface area contributed by atoms with Crippen molar-refractivity contribution < 1.29 is 23.8 Å². The van der Waals surface area contributed by atoms with Gasteiger partial charge < -0.3 is 19.5 Å². The van der Waals surface area contributed by atoms with Crippen molar-refractivity contribution in [3.05, 3.63) is 51.3 Å². The number of ether oxygens (including phenoxy) is 1. The number of hydrogen-bond donors (Lipinski definition) is 1. The molecule has 0 saturated carbocycles. The average molecular weight is 402 g/mol. The van der Waals surface area contributed by atoms with E-state index in [1.54, 1.807) is 19.9 Å². The van der Waals surface area contributed by atoms with Crippen molar-refractivity contribution >= 4 is 23.3 Å². The third-order valence-electron chi connectivity index (χ3n) is 4.62. The van der Waals surface area contributed by atoms with Crippen LogP contribution in [0.1, 0.15) is 34.5 Å². The molecule has 2 amide bonds. The number of aryl methyl sites for hydroxylation is 2. The summed E-state index contributed by atoms with van der Waals surface area (Å²) in [5.74, 6) is -0.135. The van der Waals surface area contributed by atoms with Crippen LogP contribution in [0.25, 0.3) is 0 Å². The zero-order chi connectivity index (χ0) is 21.0. The second kappa shape index (κ2) is 8.82. The Morgan fingerprint density at radius 1 is 1.34 bits per heavy atom. The molecule has 154 valence electrons. The molecule has 1 aromatic heterocycles. The van der Waals surface area contributed by atoms with Crippen molar-refractivity contribution in [3.63, 3.8) is 0 Å². The Labute approximate surface area is 166 Å². The number of hydrogen-bond acceptors (Lipinski definition) is 7. The van der Waals surface area contributed by atoms with E-state index in [4.69, 9.17) is 9.26 Å². The molecule has 29 heavy (non-hydrogen) atoms. The summed E-state index contributed by atoms with van der Waals surface area (Å²) >= 11 is 0. The van der Waals surface area contributed by atoms with E-state index < -0.39 is 16.7 Å². The summed E-state index contributed by atoms with van der Waals surface area (Å²) in [7, 11) is 0. The van der Waals surface area contributed by atoms with Crippen LogP contribution >= 0.6 is 0 Å². The number of benzene rings is 1. The van der Waals surface area contributed by atoms with Gasteiger partial charge in [-0.2, -0.15) is 0 Å². The van der Waals surface area contributed by atoms with Crippen molar-refractivity contribution in [2.24, 2.45) is 0 Å². The Kier molecular flexibility index (Phi) is 6.23. The van der Waals surface area contributed by atoms with Crippen LogP contribution in [-0.4, -0.2) is 52.6 Å². The molecule has 1 atom stereocenters. The van der Waals surface area contributed by atoms with E-state index in [2.05, 4.69) is 10.5 Å². The quantitative estimate of drug-likeness (QED) is 0.556. The number of rotatable bonds is 7. The molecule has 0 unspecified atom stereocenters. The first-order valence-corrected chi connectivity index (χ1v) is 9.22. The maximum absolute atomic E-state index is 13.0. The summed E-state index contributed by atoms with van der Waals surface area (Å²) in [6.07, 6.45) is 1.48.